The molecule has 0 spiro atoms. The molecule has 0 fully saturated rings. The van der Waals surface area contributed by atoms with Gasteiger partial charge in [-0.05, 0) is 73.2 Å². The number of benzene rings is 4. The van der Waals surface area contributed by atoms with Gasteiger partial charge in [0.1, 0.15) is 22.8 Å². The maximum atomic E-state index is 13.8. The van der Waals surface area contributed by atoms with Crippen molar-refractivity contribution < 1.29 is 18.7 Å². The van der Waals surface area contributed by atoms with Gasteiger partial charge in [-0.25, -0.2) is 0 Å². The second-order valence-corrected chi connectivity index (χ2v) is 8.66. The molecule has 37 heavy (non-hydrogen) atoms. The van der Waals surface area contributed by atoms with E-state index in [0.29, 0.717) is 46.1 Å². The summed E-state index contributed by atoms with van der Waals surface area (Å²) in [6.45, 7) is 2.45. The average Bonchev–Trinajstić information content (AvgIpc) is 3.22. The first-order chi connectivity index (χ1) is 18.1. The van der Waals surface area contributed by atoms with Gasteiger partial charge in [0.25, 0.3) is 5.91 Å². The summed E-state index contributed by atoms with van der Waals surface area (Å²) in [6, 6.07) is 30.5. The number of para-hydroxylation sites is 2. The van der Waals surface area contributed by atoms with Gasteiger partial charge in [0, 0.05) is 5.69 Å². The van der Waals surface area contributed by atoms with Crippen LogP contribution in [0.4, 0.5) is 5.69 Å². The number of ether oxygens (including phenoxy) is 2. The number of carbonyl (C=O) groups is 1. The van der Waals surface area contributed by atoms with Crippen molar-refractivity contribution in [2.45, 2.75) is 13.0 Å². The highest BCUT2D eigenvalue weighted by molar-refractivity contribution is 6.10. The Hall–Kier alpha value is -4.84. The van der Waals surface area contributed by atoms with Crippen LogP contribution in [0.3, 0.4) is 0 Å². The number of hydrogen-bond acceptors (Lipinski definition) is 5. The third kappa shape index (κ3) is 4.02. The quantitative estimate of drug-likeness (QED) is 0.264. The van der Waals surface area contributed by atoms with E-state index >= 15 is 0 Å². The Morgan fingerprint density at radius 1 is 0.784 bits per heavy atom. The molecule has 6 rings (SSSR count). The number of amides is 1. The minimum atomic E-state index is -0.694. The van der Waals surface area contributed by atoms with Crippen molar-refractivity contribution in [2.75, 3.05) is 11.5 Å². The lowest BCUT2D eigenvalue weighted by Gasteiger charge is -2.25. The van der Waals surface area contributed by atoms with Crippen molar-refractivity contribution in [1.29, 1.82) is 0 Å². The van der Waals surface area contributed by atoms with Gasteiger partial charge in [-0.3, -0.25) is 14.5 Å². The van der Waals surface area contributed by atoms with Crippen molar-refractivity contribution in [2.24, 2.45) is 0 Å². The lowest BCUT2D eigenvalue weighted by molar-refractivity contribution is 0.0971. The van der Waals surface area contributed by atoms with E-state index in [1.165, 1.54) is 0 Å². The second-order valence-electron chi connectivity index (χ2n) is 8.66. The fourth-order valence-electron chi connectivity index (χ4n) is 4.74. The van der Waals surface area contributed by atoms with Crippen LogP contribution in [0.25, 0.3) is 11.0 Å². The van der Waals surface area contributed by atoms with Crippen LogP contribution in [0.1, 0.15) is 34.6 Å². The molecule has 182 valence electrons. The zero-order valence-corrected chi connectivity index (χ0v) is 20.1. The molecule has 0 aliphatic carbocycles. The van der Waals surface area contributed by atoms with Gasteiger partial charge in [0.05, 0.1) is 23.6 Å². The molecule has 1 atom stereocenters. The van der Waals surface area contributed by atoms with Crippen molar-refractivity contribution in [3.8, 4) is 17.2 Å². The lowest BCUT2D eigenvalue weighted by atomic mass is 9.98. The highest BCUT2D eigenvalue weighted by Gasteiger charge is 2.43. The Balaban J connectivity index is 1.51. The van der Waals surface area contributed by atoms with E-state index in [-0.39, 0.29) is 17.1 Å². The van der Waals surface area contributed by atoms with Crippen molar-refractivity contribution in [3.05, 3.63) is 130 Å². The number of nitrogens with zero attached hydrogens (tertiary/aromatic N) is 1. The molecule has 1 aliphatic heterocycles. The number of fused-ring (bicyclic) bond motifs is 2. The second kappa shape index (κ2) is 9.32. The molecule has 6 nitrogen and oxygen atoms in total. The Labute approximate surface area is 213 Å². The lowest BCUT2D eigenvalue weighted by Crippen LogP contribution is -2.29. The van der Waals surface area contributed by atoms with Gasteiger partial charge >= 0.3 is 0 Å². The van der Waals surface area contributed by atoms with Gasteiger partial charge in [-0.2, -0.15) is 0 Å². The monoisotopic (exact) mass is 489 g/mol. The van der Waals surface area contributed by atoms with Crippen molar-refractivity contribution in [1.82, 2.24) is 0 Å². The number of hydrogen-bond donors (Lipinski definition) is 0. The molecule has 0 N–H and O–H groups in total. The summed E-state index contributed by atoms with van der Waals surface area (Å²) in [5.74, 6) is 1.67. The molecular weight excluding hydrogens is 466 g/mol. The summed E-state index contributed by atoms with van der Waals surface area (Å²) in [6.07, 6.45) is 0. The van der Waals surface area contributed by atoms with E-state index in [0.717, 1.165) is 5.56 Å². The Morgan fingerprint density at radius 3 is 2.30 bits per heavy atom. The number of carbonyl (C=O) groups excluding carboxylic acids is 1. The largest absolute Gasteiger partial charge is 0.494 e. The molecule has 1 amide bonds. The predicted molar refractivity (Wildman–Crippen MR) is 142 cm³/mol. The molecule has 2 heterocycles. The predicted octanol–water partition coefficient (Wildman–Crippen LogP) is 6.73. The van der Waals surface area contributed by atoms with Gasteiger partial charge in [-0.15, -0.1) is 0 Å². The maximum Gasteiger partial charge on any atom is 0.295 e. The molecule has 1 aromatic heterocycles. The van der Waals surface area contributed by atoms with Gasteiger partial charge in [0.15, 0.2) is 5.43 Å². The summed E-state index contributed by atoms with van der Waals surface area (Å²) >= 11 is 0. The van der Waals surface area contributed by atoms with Crippen LogP contribution in [0.2, 0.25) is 0 Å². The maximum absolute atomic E-state index is 13.8. The van der Waals surface area contributed by atoms with E-state index in [4.69, 9.17) is 13.9 Å². The Bertz CT molecular complexity index is 1660. The topological polar surface area (TPSA) is 69.0 Å². The molecule has 0 saturated carbocycles. The van der Waals surface area contributed by atoms with Crippen LogP contribution in [-0.2, 0) is 0 Å². The third-order valence-electron chi connectivity index (χ3n) is 6.36. The van der Waals surface area contributed by atoms with E-state index < -0.39 is 6.04 Å². The number of anilines is 1. The summed E-state index contributed by atoms with van der Waals surface area (Å²) < 4.78 is 17.7. The molecular formula is C31H23NO5. The van der Waals surface area contributed by atoms with Crippen LogP contribution in [0.15, 0.2) is 112 Å². The van der Waals surface area contributed by atoms with Gasteiger partial charge < -0.3 is 13.9 Å². The molecule has 6 heteroatoms. The smallest absolute Gasteiger partial charge is 0.295 e. The van der Waals surface area contributed by atoms with Crippen molar-refractivity contribution in [3.63, 3.8) is 0 Å². The molecule has 0 saturated heterocycles. The minimum absolute atomic E-state index is 0.0527. The molecule has 0 radical (unpaired) electrons. The van der Waals surface area contributed by atoms with Crippen LogP contribution in [0, 0.1) is 0 Å². The summed E-state index contributed by atoms with van der Waals surface area (Å²) in [5.41, 5.74) is 1.83. The van der Waals surface area contributed by atoms with Gasteiger partial charge in [-0.1, -0.05) is 42.5 Å². The number of rotatable bonds is 6. The summed E-state index contributed by atoms with van der Waals surface area (Å²) in [7, 11) is 0. The SMILES string of the molecule is CCOc1ccc(N2C(=O)c3oc4ccccc4c(=O)c3C2c2cccc(Oc3ccccc3)c2)cc1. The van der Waals surface area contributed by atoms with E-state index in [1.807, 2.05) is 85.8 Å². The van der Waals surface area contributed by atoms with E-state index in [2.05, 4.69) is 0 Å². The first kappa shape index (κ1) is 22.6. The standard InChI is InChI=1S/C31H23NO5/c1-2-35-22-17-15-21(16-18-22)32-28(20-9-8-12-24(19-20)36-23-10-4-3-5-11-23)27-29(33)25-13-6-7-14-26(25)37-30(27)31(32)34/h3-19,28H,2H2,1H3. The van der Waals surface area contributed by atoms with Crippen molar-refractivity contribution >= 4 is 22.6 Å². The molecule has 1 unspecified atom stereocenters. The highest BCUT2D eigenvalue weighted by atomic mass is 16.5. The summed E-state index contributed by atoms with van der Waals surface area (Å²) in [5, 5.41) is 0.435. The van der Waals surface area contributed by atoms with Gasteiger partial charge in [0.2, 0.25) is 5.76 Å². The van der Waals surface area contributed by atoms with E-state index in [1.54, 1.807) is 29.2 Å². The van der Waals surface area contributed by atoms with E-state index in [9.17, 15) is 9.59 Å². The Morgan fingerprint density at radius 2 is 1.51 bits per heavy atom. The highest BCUT2D eigenvalue weighted by Crippen LogP contribution is 2.42. The Kier molecular flexibility index (Phi) is 5.69. The summed E-state index contributed by atoms with van der Waals surface area (Å²) in [4.78, 5) is 29.1. The minimum Gasteiger partial charge on any atom is -0.494 e. The van der Waals surface area contributed by atoms with Crippen LogP contribution >= 0.6 is 0 Å². The van der Waals surface area contributed by atoms with Crippen LogP contribution in [0.5, 0.6) is 17.2 Å². The molecule has 0 bridgehead atoms. The zero-order chi connectivity index (χ0) is 25.4. The van der Waals surface area contributed by atoms with Crippen LogP contribution in [-0.4, -0.2) is 12.5 Å². The normalized spacial score (nSPS) is 14.6. The molecule has 4 aromatic carbocycles. The fourth-order valence-corrected chi connectivity index (χ4v) is 4.74. The zero-order valence-electron chi connectivity index (χ0n) is 20.1. The third-order valence-corrected chi connectivity index (χ3v) is 6.36. The first-order valence-corrected chi connectivity index (χ1v) is 12.1. The molecule has 1 aliphatic rings. The van der Waals surface area contributed by atoms with Crippen LogP contribution < -0.4 is 19.8 Å². The fraction of sp³-hybridized carbons (Fsp3) is 0.0968. The average molecular weight is 490 g/mol. The first-order valence-electron chi connectivity index (χ1n) is 12.1. The molecule has 5 aromatic rings.